The van der Waals surface area contributed by atoms with E-state index in [9.17, 15) is 9.18 Å². The van der Waals surface area contributed by atoms with Crippen molar-refractivity contribution in [3.63, 3.8) is 0 Å². The standard InChI is InChI=1S/C20H23FN4O/c21-16-6-3-13(4-7-16)14-5-8-18-15(10-14)11-19(25-18)20(26)24-12-17(23)2-1-9-22/h3-8,10-11,17,25H,1-2,9,12,22-23H2,(H,24,26)/t17-/m0/s1. The van der Waals surface area contributed by atoms with E-state index in [2.05, 4.69) is 10.3 Å². The van der Waals surface area contributed by atoms with Crippen LogP contribution >= 0.6 is 0 Å². The second-order valence-corrected chi connectivity index (χ2v) is 6.39. The predicted molar refractivity (Wildman–Crippen MR) is 102 cm³/mol. The van der Waals surface area contributed by atoms with E-state index in [1.807, 2.05) is 24.3 Å². The van der Waals surface area contributed by atoms with E-state index in [1.165, 1.54) is 12.1 Å². The molecule has 0 spiro atoms. The molecule has 5 nitrogen and oxygen atoms in total. The van der Waals surface area contributed by atoms with Gasteiger partial charge in [0.05, 0.1) is 0 Å². The minimum atomic E-state index is -0.264. The maximum absolute atomic E-state index is 13.1. The van der Waals surface area contributed by atoms with Gasteiger partial charge in [-0.1, -0.05) is 18.2 Å². The minimum Gasteiger partial charge on any atom is -0.351 e. The zero-order chi connectivity index (χ0) is 18.5. The van der Waals surface area contributed by atoms with Crippen LogP contribution in [0.25, 0.3) is 22.0 Å². The highest BCUT2D eigenvalue weighted by Crippen LogP contribution is 2.25. The number of H-pyrrole nitrogens is 1. The Morgan fingerprint density at radius 1 is 1.12 bits per heavy atom. The van der Waals surface area contributed by atoms with E-state index in [1.54, 1.807) is 12.1 Å². The highest BCUT2D eigenvalue weighted by molar-refractivity contribution is 5.98. The molecule has 136 valence electrons. The Morgan fingerprint density at radius 2 is 1.85 bits per heavy atom. The molecular formula is C20H23FN4O. The van der Waals surface area contributed by atoms with Crippen molar-refractivity contribution >= 4 is 16.8 Å². The Kier molecular flexibility index (Phi) is 5.65. The molecule has 1 aromatic heterocycles. The van der Waals surface area contributed by atoms with Crippen molar-refractivity contribution in [3.05, 3.63) is 60.0 Å². The van der Waals surface area contributed by atoms with E-state index >= 15 is 0 Å². The number of rotatable bonds is 7. The van der Waals surface area contributed by atoms with Crippen LogP contribution in [-0.4, -0.2) is 30.0 Å². The second kappa shape index (κ2) is 8.12. The van der Waals surface area contributed by atoms with E-state index in [4.69, 9.17) is 11.5 Å². The molecule has 1 amide bonds. The van der Waals surface area contributed by atoms with Crippen LogP contribution in [0.4, 0.5) is 4.39 Å². The molecule has 3 aromatic rings. The summed E-state index contributed by atoms with van der Waals surface area (Å²) >= 11 is 0. The molecule has 1 atom stereocenters. The Hall–Kier alpha value is -2.70. The average Bonchev–Trinajstić information content (AvgIpc) is 3.08. The number of carbonyl (C=O) groups excluding carboxylic acids is 1. The molecule has 0 saturated heterocycles. The fourth-order valence-corrected chi connectivity index (χ4v) is 2.88. The van der Waals surface area contributed by atoms with Gasteiger partial charge in [0.25, 0.3) is 5.91 Å². The normalized spacial score (nSPS) is 12.3. The number of aromatic nitrogens is 1. The van der Waals surface area contributed by atoms with Crippen LogP contribution in [0.2, 0.25) is 0 Å². The summed E-state index contributed by atoms with van der Waals surface area (Å²) in [4.78, 5) is 15.4. The molecule has 0 aliphatic rings. The van der Waals surface area contributed by atoms with Gasteiger partial charge in [-0.2, -0.15) is 0 Å². The first-order valence-electron chi connectivity index (χ1n) is 8.69. The largest absolute Gasteiger partial charge is 0.351 e. The van der Waals surface area contributed by atoms with Crippen LogP contribution in [0.5, 0.6) is 0 Å². The minimum absolute atomic E-state index is 0.100. The Bertz CT molecular complexity index is 888. The maximum atomic E-state index is 13.1. The quantitative estimate of drug-likeness (QED) is 0.525. The zero-order valence-electron chi connectivity index (χ0n) is 14.5. The summed E-state index contributed by atoms with van der Waals surface area (Å²) < 4.78 is 13.1. The van der Waals surface area contributed by atoms with E-state index < -0.39 is 0 Å². The lowest BCUT2D eigenvalue weighted by Crippen LogP contribution is -2.37. The van der Waals surface area contributed by atoms with Crippen LogP contribution in [0, 0.1) is 5.82 Å². The van der Waals surface area contributed by atoms with E-state index in [0.29, 0.717) is 18.8 Å². The smallest absolute Gasteiger partial charge is 0.267 e. The van der Waals surface area contributed by atoms with E-state index in [-0.39, 0.29) is 17.8 Å². The number of carbonyl (C=O) groups is 1. The molecular weight excluding hydrogens is 331 g/mol. The SMILES string of the molecule is NCCC[C@H](N)CNC(=O)c1cc2cc(-c3ccc(F)cc3)ccc2[nH]1. The fraction of sp³-hybridized carbons (Fsp3) is 0.250. The molecule has 6 N–H and O–H groups in total. The third-order valence-corrected chi connectivity index (χ3v) is 4.35. The monoisotopic (exact) mass is 354 g/mol. The summed E-state index contributed by atoms with van der Waals surface area (Å²) in [5.41, 5.74) is 14.7. The number of hydrogen-bond donors (Lipinski definition) is 4. The van der Waals surface area contributed by atoms with Crippen molar-refractivity contribution in [2.75, 3.05) is 13.1 Å². The second-order valence-electron chi connectivity index (χ2n) is 6.39. The molecule has 0 aliphatic heterocycles. The molecule has 0 radical (unpaired) electrons. The van der Waals surface area contributed by atoms with Gasteiger partial charge in [-0.15, -0.1) is 0 Å². The van der Waals surface area contributed by atoms with Gasteiger partial charge in [0.1, 0.15) is 11.5 Å². The van der Waals surface area contributed by atoms with Crippen molar-refractivity contribution in [1.29, 1.82) is 0 Å². The van der Waals surface area contributed by atoms with Crippen molar-refractivity contribution in [3.8, 4) is 11.1 Å². The summed E-state index contributed by atoms with van der Waals surface area (Å²) in [5.74, 6) is -0.451. The first-order valence-corrected chi connectivity index (χ1v) is 8.69. The molecule has 26 heavy (non-hydrogen) atoms. The summed E-state index contributed by atoms with van der Waals surface area (Å²) in [6.45, 7) is 1.01. The number of fused-ring (bicyclic) bond motifs is 1. The first-order chi connectivity index (χ1) is 12.6. The van der Waals surface area contributed by atoms with Gasteiger partial charge >= 0.3 is 0 Å². The third-order valence-electron chi connectivity index (χ3n) is 4.35. The lowest BCUT2D eigenvalue weighted by molar-refractivity contribution is 0.0946. The average molecular weight is 354 g/mol. The third kappa shape index (κ3) is 4.28. The molecule has 3 rings (SSSR count). The topological polar surface area (TPSA) is 96.9 Å². The molecule has 0 bridgehead atoms. The zero-order valence-corrected chi connectivity index (χ0v) is 14.5. The van der Waals surface area contributed by atoms with Crippen LogP contribution in [0.1, 0.15) is 23.3 Å². The van der Waals surface area contributed by atoms with Gasteiger partial charge < -0.3 is 21.8 Å². The van der Waals surface area contributed by atoms with Gasteiger partial charge in [-0.05, 0) is 60.8 Å². The molecule has 2 aromatic carbocycles. The van der Waals surface area contributed by atoms with Gasteiger partial charge in [-0.3, -0.25) is 4.79 Å². The summed E-state index contributed by atoms with van der Waals surface area (Å²) in [6.07, 6.45) is 1.63. The number of hydrogen-bond acceptors (Lipinski definition) is 3. The lowest BCUT2D eigenvalue weighted by atomic mass is 10.0. The predicted octanol–water partition coefficient (Wildman–Crippen LogP) is 2.77. The summed E-state index contributed by atoms with van der Waals surface area (Å²) in [6, 6.07) is 13.9. The molecule has 0 fully saturated rings. The van der Waals surface area contributed by atoms with Crippen LogP contribution in [-0.2, 0) is 0 Å². The van der Waals surface area contributed by atoms with E-state index in [0.717, 1.165) is 34.9 Å². The van der Waals surface area contributed by atoms with Gasteiger partial charge in [0.15, 0.2) is 0 Å². The molecule has 0 unspecified atom stereocenters. The van der Waals surface area contributed by atoms with Crippen LogP contribution < -0.4 is 16.8 Å². The fourth-order valence-electron chi connectivity index (χ4n) is 2.88. The van der Waals surface area contributed by atoms with Gasteiger partial charge in [0.2, 0.25) is 0 Å². The number of aromatic amines is 1. The number of benzene rings is 2. The van der Waals surface area contributed by atoms with Crippen molar-refractivity contribution in [2.45, 2.75) is 18.9 Å². The summed E-state index contributed by atoms with van der Waals surface area (Å²) in [5, 5.41) is 3.76. The number of nitrogens with one attached hydrogen (secondary N) is 2. The van der Waals surface area contributed by atoms with Gasteiger partial charge in [-0.25, -0.2) is 4.39 Å². The summed E-state index contributed by atoms with van der Waals surface area (Å²) in [7, 11) is 0. The van der Waals surface area contributed by atoms with Crippen molar-refractivity contribution in [1.82, 2.24) is 10.3 Å². The lowest BCUT2D eigenvalue weighted by Gasteiger charge is -2.11. The van der Waals surface area contributed by atoms with Gasteiger partial charge in [0, 0.05) is 23.5 Å². The molecule has 0 saturated carbocycles. The Labute approximate surface area is 151 Å². The van der Waals surface area contributed by atoms with Crippen molar-refractivity contribution < 1.29 is 9.18 Å². The maximum Gasteiger partial charge on any atom is 0.267 e. The van der Waals surface area contributed by atoms with Crippen LogP contribution in [0.3, 0.4) is 0 Å². The number of halogens is 1. The number of amides is 1. The Morgan fingerprint density at radius 3 is 2.58 bits per heavy atom. The molecule has 0 aliphatic carbocycles. The first kappa shape index (κ1) is 18.1. The molecule has 1 heterocycles. The van der Waals surface area contributed by atoms with Crippen LogP contribution in [0.15, 0.2) is 48.5 Å². The molecule has 6 heteroatoms. The highest BCUT2D eigenvalue weighted by atomic mass is 19.1. The number of nitrogens with two attached hydrogens (primary N) is 2. The Balaban J connectivity index is 1.72. The van der Waals surface area contributed by atoms with Crippen molar-refractivity contribution in [2.24, 2.45) is 11.5 Å². The highest BCUT2D eigenvalue weighted by Gasteiger charge is 2.11.